The van der Waals surface area contributed by atoms with Gasteiger partial charge in [0.15, 0.2) is 0 Å². The van der Waals surface area contributed by atoms with E-state index >= 15 is 0 Å². The van der Waals surface area contributed by atoms with E-state index in [9.17, 15) is 4.79 Å². The smallest absolute Gasteiger partial charge is 0.462 e. The lowest BCUT2D eigenvalue weighted by Crippen LogP contribution is -2.46. The Bertz CT molecular complexity index is 282. The predicted octanol–water partition coefficient (Wildman–Crippen LogP) is 1.46. The average Bonchev–Trinajstić information content (AvgIpc) is 2.45. The molecule has 0 spiro atoms. The summed E-state index contributed by atoms with van der Waals surface area (Å²) in [6.07, 6.45) is 0.658. The summed E-state index contributed by atoms with van der Waals surface area (Å²) >= 11 is 0. The minimum atomic E-state index is -2.61. The Labute approximate surface area is 139 Å². The summed E-state index contributed by atoms with van der Waals surface area (Å²) in [7, 11) is -0.0529. The Balaban J connectivity index is 0. The predicted molar refractivity (Wildman–Crippen MR) is 92.8 cm³/mol. The van der Waals surface area contributed by atoms with Gasteiger partial charge in [0.2, 0.25) is 0 Å². The number of carbonyl (C=O) groups excluding carboxylic acids is 1. The number of hydrogen-bond acceptors (Lipinski definition) is 6. The maximum Gasteiger partial charge on any atom is 0.501 e. The first kappa shape index (κ1) is 23.7. The highest BCUT2D eigenvalue weighted by Gasteiger charge is 2.39. The summed E-state index contributed by atoms with van der Waals surface area (Å²) in [6, 6.07) is 0.645. The zero-order chi connectivity index (χ0) is 17.4. The van der Waals surface area contributed by atoms with Gasteiger partial charge in [-0.05, 0) is 34.1 Å². The molecule has 0 aromatic carbocycles. The molecule has 0 aliphatic rings. The fourth-order valence-corrected chi connectivity index (χ4v) is 4.16. The molecule has 0 aromatic rings. The topological polar surface area (TPSA) is 63.2 Å². The van der Waals surface area contributed by atoms with Crippen molar-refractivity contribution in [1.82, 2.24) is 0 Å². The van der Waals surface area contributed by atoms with E-state index in [0.717, 1.165) is 10.5 Å². The van der Waals surface area contributed by atoms with Crippen molar-refractivity contribution in [1.29, 1.82) is 0 Å². The van der Waals surface area contributed by atoms with Gasteiger partial charge in [-0.2, -0.15) is 0 Å². The van der Waals surface area contributed by atoms with Crippen LogP contribution in [0.3, 0.4) is 0 Å². The van der Waals surface area contributed by atoms with Crippen molar-refractivity contribution in [3.05, 3.63) is 12.2 Å². The first-order valence-corrected chi connectivity index (χ1v) is 10.3. The van der Waals surface area contributed by atoms with Crippen LogP contribution in [0, 0.1) is 0 Å². The maximum atomic E-state index is 11.2. The molecule has 0 rings (SSSR count). The monoisotopic (exact) mass is 352 g/mol. The highest BCUT2D eigenvalue weighted by molar-refractivity contribution is 6.60. The van der Waals surface area contributed by atoms with Gasteiger partial charge in [-0.3, -0.25) is 0 Å². The average molecular weight is 353 g/mol. The van der Waals surface area contributed by atoms with Gasteiger partial charge in [0.05, 0.1) is 6.61 Å². The first-order valence-electron chi connectivity index (χ1n) is 7.57. The molecule has 0 N–H and O–H groups in total. The zero-order valence-corrected chi connectivity index (χ0v) is 17.9. The highest BCUT2D eigenvalue weighted by Crippen LogP contribution is 2.18. The highest BCUT2D eigenvalue weighted by atomic mass is 28.4. The molecule has 0 aliphatic carbocycles. The number of esters is 1. The van der Waals surface area contributed by atoms with Crippen LogP contribution in [-0.4, -0.2) is 58.8 Å². The van der Waals surface area contributed by atoms with Crippen molar-refractivity contribution in [2.45, 2.75) is 40.2 Å². The normalized spacial score (nSPS) is 10.8. The summed E-state index contributed by atoms with van der Waals surface area (Å²) in [5.41, 5.74) is 0.405. The van der Waals surface area contributed by atoms with Gasteiger partial charge in [-0.15, -0.1) is 0 Å². The second kappa shape index (κ2) is 15.4. The quantitative estimate of drug-likeness (QED) is 0.243. The third-order valence-electron chi connectivity index (χ3n) is 2.30. The van der Waals surface area contributed by atoms with Crippen LogP contribution in [0.4, 0.5) is 0 Å². The Morgan fingerprint density at radius 3 is 1.82 bits per heavy atom. The SMILES string of the molecule is C=C(C)C(=O)OCCC[Si](OCC)(OCC)OCC.CO[SiH3]. The molecule has 22 heavy (non-hydrogen) atoms. The van der Waals surface area contributed by atoms with Crippen LogP contribution in [0.1, 0.15) is 34.1 Å². The molecule has 8 heteroatoms. The lowest BCUT2D eigenvalue weighted by Gasteiger charge is -2.28. The van der Waals surface area contributed by atoms with Crippen molar-refractivity contribution in [2.24, 2.45) is 0 Å². The van der Waals surface area contributed by atoms with E-state index in [1.807, 2.05) is 20.8 Å². The first-order chi connectivity index (χ1) is 10.4. The van der Waals surface area contributed by atoms with Crippen molar-refractivity contribution >= 4 is 25.3 Å². The van der Waals surface area contributed by atoms with Crippen molar-refractivity contribution in [3.63, 3.8) is 0 Å². The third kappa shape index (κ3) is 12.1. The van der Waals surface area contributed by atoms with Gasteiger partial charge in [0, 0.05) is 38.5 Å². The van der Waals surface area contributed by atoms with Crippen LogP contribution in [0.5, 0.6) is 0 Å². The van der Waals surface area contributed by atoms with Gasteiger partial charge >= 0.3 is 14.8 Å². The number of rotatable bonds is 11. The summed E-state index contributed by atoms with van der Waals surface area (Å²) in [5, 5.41) is 0. The molecule has 0 amide bonds. The third-order valence-corrected chi connectivity index (χ3v) is 5.45. The molecule has 0 atom stereocenters. The van der Waals surface area contributed by atoms with Gasteiger partial charge in [-0.25, -0.2) is 4.79 Å². The molecule has 0 aliphatic heterocycles. The standard InChI is InChI=1S/C13H26O5Si.CH6OSi/c1-6-16-19(17-7-2,18-8-3)11-9-10-15-13(14)12(4)5;1-2-3/h4,6-11H2,1-3,5H3;1,3H3. The molecule has 0 saturated carbocycles. The molecule has 0 radical (unpaired) electrons. The summed E-state index contributed by atoms with van der Waals surface area (Å²) in [6.45, 7) is 12.9. The van der Waals surface area contributed by atoms with Crippen LogP contribution in [0.25, 0.3) is 0 Å². The second-order valence-corrected chi connectivity index (χ2v) is 7.96. The largest absolute Gasteiger partial charge is 0.501 e. The minimum absolute atomic E-state index is 0.327. The van der Waals surface area contributed by atoms with Crippen LogP contribution in [-0.2, 0) is 27.2 Å². The zero-order valence-electron chi connectivity index (χ0n) is 14.9. The van der Waals surface area contributed by atoms with Gasteiger partial charge in [0.1, 0.15) is 10.5 Å². The molecule has 132 valence electrons. The Morgan fingerprint density at radius 1 is 1.09 bits per heavy atom. The van der Waals surface area contributed by atoms with Gasteiger partial charge in [-0.1, -0.05) is 6.58 Å². The molecule has 0 unspecified atom stereocenters. The van der Waals surface area contributed by atoms with E-state index in [2.05, 4.69) is 11.0 Å². The van der Waals surface area contributed by atoms with Crippen molar-refractivity contribution < 1.29 is 27.2 Å². The Morgan fingerprint density at radius 2 is 1.50 bits per heavy atom. The molecular formula is C14H32O6Si2. The fraction of sp³-hybridized carbons (Fsp3) is 0.786. The van der Waals surface area contributed by atoms with Crippen LogP contribution >= 0.6 is 0 Å². The minimum Gasteiger partial charge on any atom is -0.462 e. The summed E-state index contributed by atoms with van der Waals surface area (Å²) in [5.74, 6) is -0.364. The molecule has 0 bridgehead atoms. The van der Waals surface area contributed by atoms with Gasteiger partial charge < -0.3 is 22.4 Å². The van der Waals surface area contributed by atoms with Crippen LogP contribution in [0.2, 0.25) is 6.04 Å². The lowest BCUT2D eigenvalue weighted by molar-refractivity contribution is -0.139. The maximum absolute atomic E-state index is 11.2. The molecule has 0 heterocycles. The van der Waals surface area contributed by atoms with E-state index in [-0.39, 0.29) is 5.97 Å². The van der Waals surface area contributed by atoms with Crippen molar-refractivity contribution in [2.75, 3.05) is 33.5 Å². The Hall–Kier alpha value is -0.516. The molecule has 0 fully saturated rings. The molecule has 6 nitrogen and oxygen atoms in total. The summed E-state index contributed by atoms with van der Waals surface area (Å²) in [4.78, 5) is 11.2. The number of hydrogen-bond donors (Lipinski definition) is 0. The number of carbonyl (C=O) groups is 1. The van der Waals surface area contributed by atoms with E-state index in [4.69, 9.17) is 18.0 Å². The van der Waals surface area contributed by atoms with E-state index < -0.39 is 8.80 Å². The van der Waals surface area contributed by atoms with E-state index in [0.29, 0.717) is 44.5 Å². The van der Waals surface area contributed by atoms with Gasteiger partial charge in [0.25, 0.3) is 0 Å². The molecule has 0 aromatic heterocycles. The second-order valence-electron chi connectivity index (χ2n) is 4.41. The lowest BCUT2D eigenvalue weighted by atomic mass is 10.4. The molecule has 0 saturated heterocycles. The Kier molecular flexibility index (Phi) is 16.6. The van der Waals surface area contributed by atoms with E-state index in [1.165, 1.54) is 0 Å². The van der Waals surface area contributed by atoms with Crippen LogP contribution < -0.4 is 0 Å². The van der Waals surface area contributed by atoms with Crippen LogP contribution in [0.15, 0.2) is 12.2 Å². The molecular weight excluding hydrogens is 320 g/mol. The number of ether oxygens (including phenoxy) is 1. The fourth-order valence-electron chi connectivity index (χ4n) is 1.58. The van der Waals surface area contributed by atoms with E-state index in [1.54, 1.807) is 14.0 Å². The van der Waals surface area contributed by atoms with Crippen molar-refractivity contribution in [3.8, 4) is 0 Å². The summed E-state index contributed by atoms with van der Waals surface area (Å²) < 4.78 is 26.5.